The minimum absolute atomic E-state index is 0.0788. The topological polar surface area (TPSA) is 107 Å². The molecule has 176 valence electrons. The van der Waals surface area contributed by atoms with Crippen molar-refractivity contribution in [1.29, 1.82) is 0 Å². The normalized spacial score (nSPS) is 10.7. The molecular formula is C23H48O6. The molecule has 0 spiro atoms. The summed E-state index contributed by atoms with van der Waals surface area (Å²) in [5, 5.41) is 32.6. The number of hydrogen-bond acceptors (Lipinski definition) is 6. The summed E-state index contributed by atoms with van der Waals surface area (Å²) in [6, 6.07) is 0. The van der Waals surface area contributed by atoms with E-state index in [2.05, 4.69) is 6.92 Å². The molecule has 0 unspecified atom stereocenters. The van der Waals surface area contributed by atoms with Crippen LogP contribution in [0.2, 0.25) is 0 Å². The zero-order valence-corrected chi connectivity index (χ0v) is 18.8. The summed E-state index contributed by atoms with van der Waals surface area (Å²) in [4.78, 5) is 11.2. The molecule has 0 atom stereocenters. The first kappa shape index (κ1) is 30.5. The fourth-order valence-electron chi connectivity index (χ4n) is 2.93. The number of carbonyl (C=O) groups is 1. The van der Waals surface area contributed by atoms with E-state index in [-0.39, 0.29) is 32.4 Å². The Kier molecular flexibility index (Phi) is 28.7. The van der Waals surface area contributed by atoms with E-state index < -0.39 is 6.10 Å². The Bertz CT molecular complexity index is 308. The maximum Gasteiger partial charge on any atom is 0.305 e. The number of esters is 1. The molecule has 0 rings (SSSR count). The van der Waals surface area contributed by atoms with Gasteiger partial charge in [-0.1, -0.05) is 96.8 Å². The lowest BCUT2D eigenvalue weighted by Crippen LogP contribution is -2.15. The molecule has 29 heavy (non-hydrogen) atoms. The Morgan fingerprint density at radius 3 is 1.38 bits per heavy atom. The van der Waals surface area contributed by atoms with Crippen molar-refractivity contribution in [2.45, 2.75) is 116 Å². The van der Waals surface area contributed by atoms with Crippen molar-refractivity contribution in [2.75, 3.05) is 26.4 Å². The molecule has 6 nitrogen and oxygen atoms in total. The van der Waals surface area contributed by atoms with E-state index in [0.29, 0.717) is 6.42 Å². The number of unbranched alkanes of at least 4 members (excludes halogenated alkanes) is 14. The minimum atomic E-state index is -0.954. The van der Waals surface area contributed by atoms with E-state index in [0.717, 1.165) is 12.8 Å². The molecule has 4 N–H and O–H groups in total. The summed E-state index contributed by atoms with van der Waals surface area (Å²) < 4.78 is 4.82. The van der Waals surface area contributed by atoms with Crippen molar-refractivity contribution in [3.8, 4) is 0 Å². The van der Waals surface area contributed by atoms with Gasteiger partial charge < -0.3 is 25.2 Å². The van der Waals surface area contributed by atoms with Crippen LogP contribution in [-0.2, 0) is 9.53 Å². The molecule has 0 aliphatic heterocycles. The second kappa shape index (κ2) is 27.3. The van der Waals surface area contributed by atoms with Crippen molar-refractivity contribution in [3.63, 3.8) is 0 Å². The molecule has 0 aromatic carbocycles. The Hall–Kier alpha value is -0.690. The Morgan fingerprint density at radius 2 is 1.07 bits per heavy atom. The SMILES string of the molecule is CCCCCCCCCCCCCCCCCC(=O)OCCO.OCC(O)CO. The molecule has 0 aromatic heterocycles. The van der Waals surface area contributed by atoms with Crippen LogP contribution >= 0.6 is 0 Å². The minimum Gasteiger partial charge on any atom is -0.463 e. The van der Waals surface area contributed by atoms with Crippen LogP contribution in [0, 0.1) is 0 Å². The van der Waals surface area contributed by atoms with Gasteiger partial charge in [0, 0.05) is 6.42 Å². The Labute approximate surface area is 178 Å². The highest BCUT2D eigenvalue weighted by atomic mass is 16.5. The predicted octanol–water partition coefficient (Wildman–Crippen LogP) is 4.12. The lowest BCUT2D eigenvalue weighted by molar-refractivity contribution is -0.144. The number of ether oxygens (including phenoxy) is 1. The summed E-state index contributed by atoms with van der Waals surface area (Å²) in [6.07, 6.45) is 19.5. The summed E-state index contributed by atoms with van der Waals surface area (Å²) >= 11 is 0. The van der Waals surface area contributed by atoms with Crippen molar-refractivity contribution in [2.24, 2.45) is 0 Å². The standard InChI is InChI=1S/C20H40O3.C3H8O3/c1-2-3-4-5-6-7-8-9-10-11-12-13-14-15-16-17-20(22)23-19-18-21;4-1-3(6)2-5/h21H,2-19H2,1H3;3-6H,1-2H2. The number of aliphatic hydroxyl groups excluding tert-OH is 4. The molecule has 0 saturated heterocycles. The maximum atomic E-state index is 11.2. The summed E-state index contributed by atoms with van der Waals surface area (Å²) in [7, 11) is 0. The van der Waals surface area contributed by atoms with Crippen LogP contribution in [0.25, 0.3) is 0 Å². The van der Waals surface area contributed by atoms with Gasteiger partial charge >= 0.3 is 5.97 Å². The van der Waals surface area contributed by atoms with Gasteiger partial charge in [-0.3, -0.25) is 4.79 Å². The molecule has 0 fully saturated rings. The first-order valence-corrected chi connectivity index (χ1v) is 11.8. The van der Waals surface area contributed by atoms with E-state index >= 15 is 0 Å². The van der Waals surface area contributed by atoms with E-state index in [1.165, 1.54) is 83.5 Å². The average Bonchev–Trinajstić information content (AvgIpc) is 2.74. The highest BCUT2D eigenvalue weighted by Crippen LogP contribution is 2.13. The van der Waals surface area contributed by atoms with Crippen molar-refractivity contribution in [1.82, 2.24) is 0 Å². The number of carbonyl (C=O) groups excluding carboxylic acids is 1. The Morgan fingerprint density at radius 1 is 0.690 bits per heavy atom. The number of rotatable bonds is 20. The monoisotopic (exact) mass is 420 g/mol. The van der Waals surface area contributed by atoms with E-state index in [4.69, 9.17) is 25.2 Å². The second-order valence-electron chi connectivity index (χ2n) is 7.66. The zero-order chi connectivity index (χ0) is 22.0. The van der Waals surface area contributed by atoms with Crippen LogP contribution in [0.5, 0.6) is 0 Å². The molecule has 6 heteroatoms. The Balaban J connectivity index is 0. The zero-order valence-electron chi connectivity index (χ0n) is 18.8. The van der Waals surface area contributed by atoms with Gasteiger partial charge in [-0.15, -0.1) is 0 Å². The third-order valence-corrected chi connectivity index (χ3v) is 4.76. The smallest absolute Gasteiger partial charge is 0.305 e. The summed E-state index contributed by atoms with van der Waals surface area (Å²) in [5.74, 6) is -0.172. The van der Waals surface area contributed by atoms with Crippen LogP contribution in [0.4, 0.5) is 0 Å². The van der Waals surface area contributed by atoms with Gasteiger partial charge in [0.1, 0.15) is 12.7 Å². The van der Waals surface area contributed by atoms with Gasteiger partial charge in [-0.05, 0) is 6.42 Å². The molecular weight excluding hydrogens is 372 g/mol. The van der Waals surface area contributed by atoms with Crippen LogP contribution in [0.1, 0.15) is 110 Å². The highest BCUT2D eigenvalue weighted by Gasteiger charge is 2.01. The number of aliphatic hydroxyl groups is 4. The van der Waals surface area contributed by atoms with E-state index in [1.54, 1.807) is 0 Å². The fraction of sp³-hybridized carbons (Fsp3) is 0.957. The van der Waals surface area contributed by atoms with Crippen molar-refractivity contribution in [3.05, 3.63) is 0 Å². The predicted molar refractivity (Wildman–Crippen MR) is 118 cm³/mol. The molecule has 0 radical (unpaired) electrons. The van der Waals surface area contributed by atoms with Gasteiger partial charge in [0.15, 0.2) is 0 Å². The van der Waals surface area contributed by atoms with E-state index in [9.17, 15) is 4.79 Å². The first-order valence-electron chi connectivity index (χ1n) is 11.8. The van der Waals surface area contributed by atoms with Crippen molar-refractivity contribution >= 4 is 5.97 Å². The molecule has 0 amide bonds. The lowest BCUT2D eigenvalue weighted by atomic mass is 10.0. The lowest BCUT2D eigenvalue weighted by Gasteiger charge is -2.04. The first-order chi connectivity index (χ1) is 14.1. The largest absolute Gasteiger partial charge is 0.463 e. The third kappa shape index (κ3) is 29.6. The van der Waals surface area contributed by atoms with Gasteiger partial charge in [0.25, 0.3) is 0 Å². The summed E-state index contributed by atoms with van der Waals surface area (Å²) in [6.45, 7) is 1.60. The van der Waals surface area contributed by atoms with Crippen molar-refractivity contribution < 1.29 is 30.0 Å². The average molecular weight is 421 g/mol. The molecule has 0 bridgehead atoms. The van der Waals surface area contributed by atoms with Crippen LogP contribution in [0.3, 0.4) is 0 Å². The molecule has 0 heterocycles. The fourth-order valence-corrected chi connectivity index (χ4v) is 2.93. The quantitative estimate of drug-likeness (QED) is 0.174. The van der Waals surface area contributed by atoms with Gasteiger partial charge in [0.2, 0.25) is 0 Å². The second-order valence-corrected chi connectivity index (χ2v) is 7.66. The van der Waals surface area contributed by atoms with Crippen LogP contribution < -0.4 is 0 Å². The van der Waals surface area contributed by atoms with Crippen LogP contribution in [0.15, 0.2) is 0 Å². The van der Waals surface area contributed by atoms with Crippen LogP contribution in [-0.4, -0.2) is 58.9 Å². The molecule has 0 aromatic rings. The summed E-state index contributed by atoms with van der Waals surface area (Å²) in [5.41, 5.74) is 0. The van der Waals surface area contributed by atoms with Gasteiger partial charge in [-0.2, -0.15) is 0 Å². The van der Waals surface area contributed by atoms with Gasteiger partial charge in [-0.25, -0.2) is 0 Å². The van der Waals surface area contributed by atoms with Gasteiger partial charge in [0.05, 0.1) is 19.8 Å². The van der Waals surface area contributed by atoms with E-state index in [1.807, 2.05) is 0 Å². The highest BCUT2D eigenvalue weighted by molar-refractivity contribution is 5.69. The molecule has 0 aliphatic carbocycles. The third-order valence-electron chi connectivity index (χ3n) is 4.76. The maximum absolute atomic E-state index is 11.2. The number of hydrogen-bond donors (Lipinski definition) is 4. The molecule has 0 saturated carbocycles. The molecule has 0 aliphatic rings.